The van der Waals surface area contributed by atoms with Gasteiger partial charge in [-0.25, -0.2) is 4.79 Å². The molecule has 0 atom stereocenters. The van der Waals surface area contributed by atoms with Gasteiger partial charge in [-0.1, -0.05) is 11.3 Å². The lowest BCUT2D eigenvalue weighted by molar-refractivity contribution is 0.0701. The van der Waals surface area contributed by atoms with Crippen molar-refractivity contribution in [2.45, 2.75) is 12.8 Å². The number of carboxylic acid groups (broad SMARTS) is 1. The number of ether oxygens (including phenoxy) is 3. The highest BCUT2D eigenvalue weighted by Gasteiger charge is 2.33. The summed E-state index contributed by atoms with van der Waals surface area (Å²) in [6.07, 6.45) is 1.37. The normalized spacial score (nSPS) is 14.0. The second kappa shape index (κ2) is 6.00. The van der Waals surface area contributed by atoms with Gasteiger partial charge >= 0.3 is 5.97 Å². The minimum atomic E-state index is -0.943. The molecular weight excluding hydrogens is 436 g/mol. The summed E-state index contributed by atoms with van der Waals surface area (Å²) in [6, 6.07) is 5.31. The summed E-state index contributed by atoms with van der Waals surface area (Å²) in [4.78, 5) is 12.1. The van der Waals surface area contributed by atoms with Crippen molar-refractivity contribution in [1.82, 2.24) is 9.78 Å². The van der Waals surface area contributed by atoms with Crippen molar-refractivity contribution in [1.29, 1.82) is 0 Å². The molecule has 0 fully saturated rings. The summed E-state index contributed by atoms with van der Waals surface area (Å²) in [7, 11) is 1.85. The molecule has 1 N–H and O–H groups in total. The van der Waals surface area contributed by atoms with E-state index in [1.54, 1.807) is 22.9 Å². The van der Waals surface area contributed by atoms with Crippen molar-refractivity contribution in [3.63, 3.8) is 0 Å². The summed E-state index contributed by atoms with van der Waals surface area (Å²) >= 11 is 4.64. The molecule has 0 unspecified atom stereocenters. The fraction of sp³-hybridized carbons (Fsp3) is 0.222. The summed E-state index contributed by atoms with van der Waals surface area (Å²) in [5, 5.41) is 14.6. The number of hydrogen-bond donors (Lipinski definition) is 1. The zero-order chi connectivity index (χ0) is 18.7. The van der Waals surface area contributed by atoms with Crippen LogP contribution in [0.4, 0.5) is 0 Å². The van der Waals surface area contributed by atoms with Crippen LogP contribution in [0.25, 0.3) is 11.3 Å². The van der Waals surface area contributed by atoms with Crippen molar-refractivity contribution in [3.05, 3.63) is 38.8 Å². The van der Waals surface area contributed by atoms with Crippen LogP contribution in [0.1, 0.15) is 20.8 Å². The number of aromatic carboxylic acids is 1. The Balaban J connectivity index is 1.65. The predicted molar refractivity (Wildman–Crippen MR) is 101 cm³/mol. The molecule has 9 heteroatoms. The number of aromatic nitrogens is 2. The third kappa shape index (κ3) is 2.53. The first kappa shape index (κ1) is 16.6. The lowest BCUT2D eigenvalue weighted by Gasteiger charge is -2.16. The number of aryl methyl sites for hydroxylation is 1. The van der Waals surface area contributed by atoms with E-state index in [9.17, 15) is 9.90 Å². The number of fused-ring (bicyclic) bond motifs is 4. The predicted octanol–water partition coefficient (Wildman–Crippen LogP) is 4.23. The zero-order valence-electron chi connectivity index (χ0n) is 14.1. The maximum absolute atomic E-state index is 11.8. The minimum absolute atomic E-state index is 0.183. The monoisotopic (exact) mass is 448 g/mol. The topological polar surface area (TPSA) is 82.8 Å². The van der Waals surface area contributed by atoms with Crippen LogP contribution in [0.3, 0.4) is 0 Å². The molecular formula is C18H13BrN2O5S. The highest BCUT2D eigenvalue weighted by Crippen LogP contribution is 2.50. The van der Waals surface area contributed by atoms with Crippen LogP contribution in [0.15, 0.2) is 22.8 Å². The molecule has 1 aliphatic heterocycles. The SMILES string of the molecule is Cn1nc(Br)c2c1-c1c(Oc3ccc4c(c3)OCO4)sc(C(=O)O)c1CC2. The minimum Gasteiger partial charge on any atom is -0.477 e. The molecule has 5 rings (SSSR count). The molecule has 7 nitrogen and oxygen atoms in total. The van der Waals surface area contributed by atoms with Crippen molar-refractivity contribution in [2.24, 2.45) is 7.05 Å². The molecule has 3 heterocycles. The van der Waals surface area contributed by atoms with Crippen molar-refractivity contribution in [2.75, 3.05) is 6.79 Å². The van der Waals surface area contributed by atoms with Gasteiger partial charge in [0.05, 0.1) is 11.3 Å². The average molecular weight is 449 g/mol. The van der Waals surface area contributed by atoms with Crippen LogP contribution < -0.4 is 14.2 Å². The van der Waals surface area contributed by atoms with Gasteiger partial charge in [-0.15, -0.1) is 0 Å². The third-order valence-electron chi connectivity index (χ3n) is 4.68. The Morgan fingerprint density at radius 2 is 2.07 bits per heavy atom. The molecule has 1 aliphatic carbocycles. The van der Waals surface area contributed by atoms with Gasteiger partial charge in [0.25, 0.3) is 0 Å². The molecule has 27 heavy (non-hydrogen) atoms. The number of hydrogen-bond acceptors (Lipinski definition) is 6. The van der Waals surface area contributed by atoms with Crippen LogP contribution in [-0.4, -0.2) is 27.6 Å². The lowest BCUT2D eigenvalue weighted by atomic mass is 9.91. The van der Waals surface area contributed by atoms with E-state index in [1.165, 1.54) is 0 Å². The van der Waals surface area contributed by atoms with Crippen LogP contribution in [0.5, 0.6) is 22.3 Å². The van der Waals surface area contributed by atoms with Crippen molar-refractivity contribution >= 4 is 33.2 Å². The molecule has 0 radical (unpaired) electrons. The number of carboxylic acids is 1. The first-order valence-corrected chi connectivity index (χ1v) is 9.82. The summed E-state index contributed by atoms with van der Waals surface area (Å²) in [5.41, 5.74) is 3.56. The van der Waals surface area contributed by atoms with E-state index in [1.807, 2.05) is 7.05 Å². The maximum atomic E-state index is 11.8. The number of nitrogens with zero attached hydrogens (tertiary/aromatic N) is 2. The number of halogens is 1. The molecule has 0 spiro atoms. The Morgan fingerprint density at radius 1 is 1.30 bits per heavy atom. The van der Waals surface area contributed by atoms with Gasteiger partial charge in [0, 0.05) is 18.7 Å². The van der Waals surface area contributed by atoms with Gasteiger partial charge < -0.3 is 19.3 Å². The van der Waals surface area contributed by atoms with Gasteiger partial charge in [-0.3, -0.25) is 4.68 Å². The van der Waals surface area contributed by atoms with Gasteiger partial charge in [-0.2, -0.15) is 5.10 Å². The van der Waals surface area contributed by atoms with E-state index in [0.29, 0.717) is 33.6 Å². The Hall–Kier alpha value is -2.52. The molecule has 3 aromatic rings. The average Bonchev–Trinajstić information content (AvgIpc) is 3.31. The standard InChI is InChI=1S/C18H13BrN2O5S/c1-21-14-10(16(19)20-21)4-3-9-13(14)18(27-15(9)17(22)23)26-8-2-5-11-12(6-8)25-7-24-11/h2,5-6H,3-4,7H2,1H3,(H,22,23). The van der Waals surface area contributed by atoms with Crippen molar-refractivity contribution in [3.8, 4) is 33.6 Å². The van der Waals surface area contributed by atoms with Crippen LogP contribution in [0.2, 0.25) is 0 Å². The van der Waals surface area contributed by atoms with Crippen LogP contribution in [0, 0.1) is 0 Å². The highest BCUT2D eigenvalue weighted by atomic mass is 79.9. The van der Waals surface area contributed by atoms with Gasteiger partial charge in [-0.05, 0) is 46.5 Å². The largest absolute Gasteiger partial charge is 0.477 e. The number of rotatable bonds is 3. The van der Waals surface area contributed by atoms with Crippen LogP contribution >= 0.6 is 27.3 Å². The van der Waals surface area contributed by atoms with E-state index < -0.39 is 5.97 Å². The smallest absolute Gasteiger partial charge is 0.346 e. The van der Waals surface area contributed by atoms with Gasteiger partial charge in [0.1, 0.15) is 15.2 Å². The quantitative estimate of drug-likeness (QED) is 0.645. The Kier molecular flexibility index (Phi) is 3.70. The fourth-order valence-electron chi connectivity index (χ4n) is 3.53. The van der Waals surface area contributed by atoms with E-state index in [4.69, 9.17) is 14.2 Å². The molecule has 0 saturated carbocycles. The molecule has 2 aromatic heterocycles. The molecule has 2 aliphatic rings. The highest BCUT2D eigenvalue weighted by molar-refractivity contribution is 9.10. The van der Waals surface area contributed by atoms with Crippen molar-refractivity contribution < 1.29 is 24.1 Å². The first-order valence-electron chi connectivity index (χ1n) is 8.21. The van der Waals surface area contributed by atoms with Crippen LogP contribution in [-0.2, 0) is 19.9 Å². The Labute approximate surface area is 166 Å². The second-order valence-corrected chi connectivity index (χ2v) is 7.97. The second-order valence-electron chi connectivity index (χ2n) is 6.24. The van der Waals surface area contributed by atoms with E-state index >= 15 is 0 Å². The van der Waals surface area contributed by atoms with E-state index in [-0.39, 0.29) is 6.79 Å². The van der Waals surface area contributed by atoms with E-state index in [0.717, 1.165) is 44.7 Å². The van der Waals surface area contributed by atoms with E-state index in [2.05, 4.69) is 21.0 Å². The molecule has 0 bridgehead atoms. The number of carbonyl (C=O) groups is 1. The lowest BCUT2D eigenvalue weighted by Crippen LogP contribution is -2.08. The number of benzene rings is 1. The third-order valence-corrected chi connectivity index (χ3v) is 6.42. The first-order chi connectivity index (χ1) is 13.0. The molecule has 138 valence electrons. The summed E-state index contributed by atoms with van der Waals surface area (Å²) in [5.74, 6) is 0.898. The molecule has 1 aromatic carbocycles. The zero-order valence-corrected chi connectivity index (χ0v) is 16.5. The summed E-state index contributed by atoms with van der Waals surface area (Å²) in [6.45, 7) is 0.183. The number of thiophene rings is 1. The molecule has 0 saturated heterocycles. The maximum Gasteiger partial charge on any atom is 0.346 e. The Bertz CT molecular complexity index is 1100. The van der Waals surface area contributed by atoms with Gasteiger partial charge in [0.15, 0.2) is 16.6 Å². The van der Waals surface area contributed by atoms with Gasteiger partial charge in [0.2, 0.25) is 6.79 Å². The Morgan fingerprint density at radius 3 is 2.89 bits per heavy atom. The molecule has 0 amide bonds. The fourth-order valence-corrected chi connectivity index (χ4v) is 5.22. The summed E-state index contributed by atoms with van der Waals surface area (Å²) < 4.78 is 19.4.